The van der Waals surface area contributed by atoms with Crippen LogP contribution in [-0.2, 0) is 4.74 Å². The summed E-state index contributed by atoms with van der Waals surface area (Å²) in [6.07, 6.45) is 1.34. The molecule has 0 saturated heterocycles. The van der Waals surface area contributed by atoms with E-state index in [0.29, 0.717) is 19.1 Å². The van der Waals surface area contributed by atoms with Crippen LogP contribution in [0.3, 0.4) is 0 Å². The quantitative estimate of drug-likeness (QED) is 0.656. The van der Waals surface area contributed by atoms with Gasteiger partial charge in [-0.25, -0.2) is 4.98 Å². The number of hydrogen-bond acceptors (Lipinski definition) is 5. The molecule has 0 aromatic carbocycles. The first-order valence-electron chi connectivity index (χ1n) is 4.32. The summed E-state index contributed by atoms with van der Waals surface area (Å²) in [5.74, 6) is -0.304. The summed E-state index contributed by atoms with van der Waals surface area (Å²) in [6, 6.07) is 1.41. The van der Waals surface area contributed by atoms with Gasteiger partial charge in [-0.1, -0.05) is 0 Å². The lowest BCUT2D eigenvalue weighted by molar-refractivity contribution is 0.1000. The summed E-state index contributed by atoms with van der Waals surface area (Å²) in [7, 11) is 1.56. The zero-order valence-corrected chi connectivity index (χ0v) is 8.40. The summed E-state index contributed by atoms with van der Waals surface area (Å²) in [5.41, 5.74) is 11.1. The molecule has 82 valence electrons. The Bertz CT molecular complexity index is 354. The smallest absolute Gasteiger partial charge is 0.251 e. The van der Waals surface area contributed by atoms with Gasteiger partial charge in [0.05, 0.1) is 24.1 Å². The number of carbonyl (C=O) groups is 1. The fraction of sp³-hybridized carbons (Fsp3) is 0.333. The average Bonchev–Trinajstić information content (AvgIpc) is 2.20. The lowest BCUT2D eigenvalue weighted by atomic mass is 10.2. The first kappa shape index (κ1) is 11.3. The van der Waals surface area contributed by atoms with Crippen LogP contribution >= 0.6 is 0 Å². The highest BCUT2D eigenvalue weighted by molar-refractivity contribution is 5.97. The van der Waals surface area contributed by atoms with Crippen molar-refractivity contribution in [1.82, 2.24) is 4.98 Å². The Morgan fingerprint density at radius 1 is 1.53 bits per heavy atom. The molecular weight excluding hydrogens is 198 g/mol. The molecule has 6 heteroatoms. The number of methoxy groups -OCH3 is 1. The van der Waals surface area contributed by atoms with Crippen molar-refractivity contribution < 1.29 is 14.3 Å². The molecule has 1 amide bonds. The van der Waals surface area contributed by atoms with Crippen LogP contribution in [0.1, 0.15) is 10.4 Å². The number of rotatable bonds is 5. The van der Waals surface area contributed by atoms with Crippen LogP contribution in [-0.4, -0.2) is 31.2 Å². The number of nitrogen functional groups attached to an aromatic ring is 1. The van der Waals surface area contributed by atoms with Gasteiger partial charge in [0.15, 0.2) is 0 Å². The second-order valence-electron chi connectivity index (χ2n) is 2.82. The summed E-state index contributed by atoms with van der Waals surface area (Å²) < 4.78 is 9.99. The summed E-state index contributed by atoms with van der Waals surface area (Å²) >= 11 is 0. The van der Waals surface area contributed by atoms with Crippen molar-refractivity contribution in [1.29, 1.82) is 0 Å². The third kappa shape index (κ3) is 3.10. The molecule has 0 fully saturated rings. The van der Waals surface area contributed by atoms with E-state index in [0.717, 1.165) is 0 Å². The third-order valence-corrected chi connectivity index (χ3v) is 1.71. The van der Waals surface area contributed by atoms with Gasteiger partial charge in [0.2, 0.25) is 5.88 Å². The van der Waals surface area contributed by atoms with E-state index >= 15 is 0 Å². The number of aromatic nitrogens is 1. The molecule has 1 heterocycles. The molecule has 0 aliphatic heterocycles. The number of nitrogens with zero attached hydrogens (tertiary/aromatic N) is 1. The van der Waals surface area contributed by atoms with Crippen molar-refractivity contribution in [2.45, 2.75) is 0 Å². The van der Waals surface area contributed by atoms with E-state index in [9.17, 15) is 4.79 Å². The van der Waals surface area contributed by atoms with Crippen molar-refractivity contribution in [3.05, 3.63) is 17.8 Å². The number of nitrogens with two attached hydrogens (primary N) is 2. The van der Waals surface area contributed by atoms with Crippen LogP contribution in [0.15, 0.2) is 12.3 Å². The number of primary amides is 1. The zero-order chi connectivity index (χ0) is 11.3. The van der Waals surface area contributed by atoms with Gasteiger partial charge in [-0.15, -0.1) is 0 Å². The van der Waals surface area contributed by atoms with E-state index in [1.807, 2.05) is 0 Å². The minimum atomic E-state index is -0.605. The molecule has 0 atom stereocenters. The minimum absolute atomic E-state index is 0.206. The zero-order valence-electron chi connectivity index (χ0n) is 8.40. The van der Waals surface area contributed by atoms with Gasteiger partial charge in [-0.05, 0) is 0 Å². The number of amides is 1. The summed E-state index contributed by atoms with van der Waals surface area (Å²) in [5, 5.41) is 0. The lowest BCUT2D eigenvalue weighted by Crippen LogP contribution is -2.14. The second-order valence-corrected chi connectivity index (χ2v) is 2.82. The molecule has 0 spiro atoms. The first-order valence-corrected chi connectivity index (χ1v) is 4.32. The van der Waals surface area contributed by atoms with Gasteiger partial charge < -0.3 is 20.9 Å². The first-order chi connectivity index (χ1) is 7.15. The molecular formula is C9H13N3O3. The SMILES string of the molecule is COCCOc1cc(C(N)=O)c(N)cn1. The van der Waals surface area contributed by atoms with E-state index in [1.165, 1.54) is 12.3 Å². The Hall–Kier alpha value is -1.82. The van der Waals surface area contributed by atoms with Crippen molar-refractivity contribution in [2.24, 2.45) is 5.73 Å². The fourth-order valence-corrected chi connectivity index (χ4v) is 0.969. The highest BCUT2D eigenvalue weighted by atomic mass is 16.5. The van der Waals surface area contributed by atoms with Crippen LogP contribution in [0, 0.1) is 0 Å². The van der Waals surface area contributed by atoms with Gasteiger partial charge >= 0.3 is 0 Å². The largest absolute Gasteiger partial charge is 0.475 e. The number of carbonyl (C=O) groups excluding carboxylic acids is 1. The average molecular weight is 211 g/mol. The molecule has 0 radical (unpaired) electrons. The van der Waals surface area contributed by atoms with Crippen LogP contribution in [0.25, 0.3) is 0 Å². The monoisotopic (exact) mass is 211 g/mol. The molecule has 0 bridgehead atoms. The summed E-state index contributed by atoms with van der Waals surface area (Å²) in [6.45, 7) is 0.795. The van der Waals surface area contributed by atoms with Gasteiger partial charge in [0.1, 0.15) is 6.61 Å². The number of ether oxygens (including phenoxy) is 2. The van der Waals surface area contributed by atoms with Gasteiger partial charge in [-0.3, -0.25) is 4.79 Å². The molecule has 0 unspecified atom stereocenters. The van der Waals surface area contributed by atoms with Crippen LogP contribution < -0.4 is 16.2 Å². The Kier molecular flexibility index (Phi) is 3.87. The highest BCUT2D eigenvalue weighted by Gasteiger charge is 2.08. The maximum atomic E-state index is 10.9. The normalized spacial score (nSPS) is 9.93. The molecule has 0 aliphatic rings. The maximum Gasteiger partial charge on any atom is 0.251 e. The molecule has 15 heavy (non-hydrogen) atoms. The van der Waals surface area contributed by atoms with Crippen molar-refractivity contribution in [3.8, 4) is 5.88 Å². The Morgan fingerprint density at radius 2 is 2.27 bits per heavy atom. The molecule has 1 rings (SSSR count). The van der Waals surface area contributed by atoms with Crippen molar-refractivity contribution in [3.63, 3.8) is 0 Å². The molecule has 1 aromatic heterocycles. The van der Waals surface area contributed by atoms with Gasteiger partial charge in [0, 0.05) is 13.2 Å². The van der Waals surface area contributed by atoms with E-state index in [1.54, 1.807) is 7.11 Å². The standard InChI is InChI=1S/C9H13N3O3/c1-14-2-3-15-8-4-6(9(11)13)7(10)5-12-8/h4-5H,2-3,10H2,1H3,(H2,11,13). The molecule has 1 aromatic rings. The van der Waals surface area contributed by atoms with E-state index in [4.69, 9.17) is 20.9 Å². The molecule has 6 nitrogen and oxygen atoms in total. The Labute approximate surface area is 87.2 Å². The van der Waals surface area contributed by atoms with Crippen molar-refractivity contribution >= 4 is 11.6 Å². The maximum absolute atomic E-state index is 10.9. The van der Waals surface area contributed by atoms with Gasteiger partial charge in [-0.2, -0.15) is 0 Å². The minimum Gasteiger partial charge on any atom is -0.475 e. The van der Waals surface area contributed by atoms with Crippen LogP contribution in [0.2, 0.25) is 0 Å². The predicted molar refractivity (Wildman–Crippen MR) is 54.5 cm³/mol. The van der Waals surface area contributed by atoms with Crippen LogP contribution in [0.4, 0.5) is 5.69 Å². The van der Waals surface area contributed by atoms with Crippen LogP contribution in [0.5, 0.6) is 5.88 Å². The van der Waals surface area contributed by atoms with E-state index < -0.39 is 5.91 Å². The molecule has 0 saturated carbocycles. The van der Waals surface area contributed by atoms with E-state index in [2.05, 4.69) is 4.98 Å². The highest BCUT2D eigenvalue weighted by Crippen LogP contribution is 2.15. The number of hydrogen-bond donors (Lipinski definition) is 2. The molecule has 0 aliphatic carbocycles. The van der Waals surface area contributed by atoms with E-state index in [-0.39, 0.29) is 11.3 Å². The predicted octanol–water partition coefficient (Wildman–Crippen LogP) is -0.212. The molecule has 4 N–H and O–H groups in total. The second kappa shape index (κ2) is 5.16. The Balaban J connectivity index is 2.74. The number of anilines is 1. The fourth-order valence-electron chi connectivity index (χ4n) is 0.969. The lowest BCUT2D eigenvalue weighted by Gasteiger charge is -2.06. The Morgan fingerprint density at radius 3 is 2.87 bits per heavy atom. The number of pyridine rings is 1. The summed E-state index contributed by atoms with van der Waals surface area (Å²) in [4.78, 5) is 14.8. The third-order valence-electron chi connectivity index (χ3n) is 1.71. The topological polar surface area (TPSA) is 100 Å². The van der Waals surface area contributed by atoms with Crippen molar-refractivity contribution in [2.75, 3.05) is 26.1 Å². The van der Waals surface area contributed by atoms with Gasteiger partial charge in [0.25, 0.3) is 5.91 Å².